The van der Waals surface area contributed by atoms with Crippen molar-refractivity contribution in [2.24, 2.45) is 10.8 Å². The van der Waals surface area contributed by atoms with E-state index in [1.165, 1.54) is 12.8 Å². The summed E-state index contributed by atoms with van der Waals surface area (Å²) in [5.41, 5.74) is 0.0596. The van der Waals surface area contributed by atoms with Crippen LogP contribution in [0.25, 0.3) is 0 Å². The van der Waals surface area contributed by atoms with E-state index in [1.54, 1.807) is 0 Å². The molecular formula is C11H25NOSi. The van der Waals surface area contributed by atoms with E-state index in [-0.39, 0.29) is 16.6 Å². The van der Waals surface area contributed by atoms with Crippen molar-refractivity contribution in [3.05, 3.63) is 0 Å². The molecule has 1 aliphatic rings. The highest BCUT2D eigenvalue weighted by Gasteiger charge is 2.47. The molecule has 0 aliphatic carbocycles. The molecule has 0 spiro atoms. The van der Waals surface area contributed by atoms with Gasteiger partial charge in [0.05, 0.1) is 0 Å². The van der Waals surface area contributed by atoms with E-state index in [4.69, 9.17) is 0 Å². The van der Waals surface area contributed by atoms with E-state index in [0.717, 1.165) is 16.8 Å². The predicted octanol–water partition coefficient (Wildman–Crippen LogP) is 0.475. The second kappa shape index (κ2) is 3.95. The minimum Gasteiger partial charge on any atom is -0.397 e. The fourth-order valence-electron chi connectivity index (χ4n) is 2.64. The summed E-state index contributed by atoms with van der Waals surface area (Å²) in [5.74, 6) is 0. The second-order valence-corrected chi connectivity index (χ2v) is 6.95. The number of aliphatic hydroxyl groups excluding tert-OH is 1. The summed E-state index contributed by atoms with van der Waals surface area (Å²) in [4.78, 5) is 0. The van der Waals surface area contributed by atoms with Crippen LogP contribution in [0.2, 0.25) is 0 Å². The lowest BCUT2D eigenvalue weighted by atomic mass is 9.63. The molecule has 3 heteroatoms. The van der Waals surface area contributed by atoms with Crippen molar-refractivity contribution in [2.75, 3.05) is 6.54 Å². The molecule has 0 bridgehead atoms. The van der Waals surface area contributed by atoms with Gasteiger partial charge in [-0.05, 0) is 24.8 Å². The maximum Gasteiger partial charge on any atom is 0.0422 e. The lowest BCUT2D eigenvalue weighted by Crippen LogP contribution is -2.55. The van der Waals surface area contributed by atoms with Gasteiger partial charge in [-0.2, -0.15) is 0 Å². The van der Waals surface area contributed by atoms with Crippen LogP contribution in [-0.4, -0.2) is 33.7 Å². The van der Waals surface area contributed by atoms with Gasteiger partial charge in [0.2, 0.25) is 0 Å². The Kier molecular flexibility index (Phi) is 3.44. The van der Waals surface area contributed by atoms with Crippen LogP contribution in [0.15, 0.2) is 0 Å². The minimum atomic E-state index is -0.127. The molecular weight excluding hydrogens is 190 g/mol. The summed E-state index contributed by atoms with van der Waals surface area (Å²) in [5, 5.41) is 13.6. The Morgan fingerprint density at radius 1 is 1.36 bits per heavy atom. The first-order valence-electron chi connectivity index (χ1n) is 5.71. The van der Waals surface area contributed by atoms with Crippen LogP contribution < -0.4 is 5.32 Å². The number of hydrogen-bond acceptors (Lipinski definition) is 2. The molecule has 0 aromatic carbocycles. The van der Waals surface area contributed by atoms with Crippen LogP contribution in [0, 0.1) is 10.8 Å². The molecule has 0 amide bonds. The van der Waals surface area contributed by atoms with Crippen molar-refractivity contribution >= 4 is 10.2 Å². The summed E-state index contributed by atoms with van der Waals surface area (Å²) < 4.78 is 0. The molecule has 0 aromatic rings. The number of aliphatic hydroxyl groups is 1. The van der Waals surface area contributed by atoms with Gasteiger partial charge < -0.3 is 10.4 Å². The van der Waals surface area contributed by atoms with Crippen LogP contribution >= 0.6 is 0 Å². The number of rotatable bonds is 2. The fraction of sp³-hybridized carbons (Fsp3) is 1.00. The fourth-order valence-corrected chi connectivity index (χ4v) is 3.91. The van der Waals surface area contributed by atoms with Crippen molar-refractivity contribution in [1.29, 1.82) is 0 Å². The summed E-state index contributed by atoms with van der Waals surface area (Å²) in [6.45, 7) is 10.1. The molecule has 1 unspecified atom stereocenters. The monoisotopic (exact) mass is 215 g/mol. The van der Waals surface area contributed by atoms with E-state index in [2.05, 4.69) is 33.0 Å². The molecule has 1 heterocycles. The van der Waals surface area contributed by atoms with Crippen molar-refractivity contribution in [1.82, 2.24) is 5.32 Å². The first kappa shape index (κ1) is 12.2. The molecule has 0 aromatic heterocycles. The maximum absolute atomic E-state index is 10.1. The minimum absolute atomic E-state index is 0.0235. The van der Waals surface area contributed by atoms with Crippen LogP contribution in [0.5, 0.6) is 0 Å². The van der Waals surface area contributed by atoms with Gasteiger partial charge in [0.1, 0.15) is 0 Å². The van der Waals surface area contributed by atoms with Crippen LogP contribution in [0.4, 0.5) is 0 Å². The number of nitrogens with one attached hydrogen (secondary N) is 1. The average Bonchev–Trinajstić information content (AvgIpc) is 2.52. The van der Waals surface area contributed by atoms with Gasteiger partial charge in [-0.1, -0.05) is 27.7 Å². The van der Waals surface area contributed by atoms with Crippen LogP contribution in [0.3, 0.4) is 0 Å². The average molecular weight is 215 g/mol. The molecule has 1 saturated heterocycles. The Bertz CT molecular complexity index is 194. The lowest BCUT2D eigenvalue weighted by molar-refractivity contribution is -0.0219. The van der Waals surface area contributed by atoms with E-state index >= 15 is 0 Å². The molecule has 2 nitrogen and oxygen atoms in total. The van der Waals surface area contributed by atoms with E-state index in [0.29, 0.717) is 6.04 Å². The standard InChI is InChI=1S/C11H25NOSi/c1-10(2,3)11(4,9(13)14)8-6-5-7-12-8/h8-9,12-13H,5-7H2,1-4,14H3/t8-,9?,11+/m1/s1. The van der Waals surface area contributed by atoms with Gasteiger partial charge in [0.15, 0.2) is 0 Å². The molecule has 84 valence electrons. The summed E-state index contributed by atoms with van der Waals surface area (Å²) in [6, 6.07) is 0.495. The van der Waals surface area contributed by atoms with Gasteiger partial charge in [-0.15, -0.1) is 0 Å². The Balaban J connectivity index is 2.91. The van der Waals surface area contributed by atoms with Crippen molar-refractivity contribution in [3.63, 3.8) is 0 Å². The Labute approximate surface area is 90.9 Å². The first-order valence-corrected chi connectivity index (χ1v) is 6.87. The Morgan fingerprint density at radius 3 is 2.21 bits per heavy atom. The molecule has 1 fully saturated rings. The zero-order chi connectivity index (χ0) is 11.0. The highest BCUT2D eigenvalue weighted by Crippen LogP contribution is 2.45. The quantitative estimate of drug-likeness (QED) is 0.657. The summed E-state index contributed by atoms with van der Waals surface area (Å²) >= 11 is 0. The molecule has 1 rings (SSSR count). The first-order chi connectivity index (χ1) is 6.30. The van der Waals surface area contributed by atoms with E-state index < -0.39 is 0 Å². The Hall–Kier alpha value is 0.137. The highest BCUT2D eigenvalue weighted by atomic mass is 28.1. The SMILES string of the molecule is CC(C)(C)[C@](C)(C(O)[SiH3])[C@H]1CCCN1. The van der Waals surface area contributed by atoms with Gasteiger partial charge in [-0.25, -0.2) is 0 Å². The van der Waals surface area contributed by atoms with Crippen molar-refractivity contribution < 1.29 is 5.11 Å². The summed E-state index contributed by atoms with van der Waals surface area (Å²) in [7, 11) is 0.858. The lowest BCUT2D eigenvalue weighted by Gasteiger charge is -2.49. The van der Waals surface area contributed by atoms with E-state index in [9.17, 15) is 5.11 Å². The smallest absolute Gasteiger partial charge is 0.0422 e. The molecule has 0 radical (unpaired) electrons. The predicted molar refractivity (Wildman–Crippen MR) is 64.5 cm³/mol. The zero-order valence-electron chi connectivity index (χ0n) is 10.2. The van der Waals surface area contributed by atoms with Gasteiger partial charge in [-0.3, -0.25) is 0 Å². The second-order valence-electron chi connectivity index (χ2n) is 5.86. The summed E-state index contributed by atoms with van der Waals surface area (Å²) in [6.07, 6.45) is 2.47. The van der Waals surface area contributed by atoms with Crippen LogP contribution in [-0.2, 0) is 0 Å². The highest BCUT2D eigenvalue weighted by molar-refractivity contribution is 6.11. The normalized spacial score (nSPS) is 30.2. The molecule has 1 aliphatic heterocycles. The molecule has 2 N–H and O–H groups in total. The van der Waals surface area contributed by atoms with Crippen molar-refractivity contribution in [3.8, 4) is 0 Å². The van der Waals surface area contributed by atoms with Crippen LogP contribution in [0.1, 0.15) is 40.5 Å². The third kappa shape index (κ3) is 1.90. The zero-order valence-corrected chi connectivity index (χ0v) is 12.2. The molecule has 14 heavy (non-hydrogen) atoms. The van der Waals surface area contributed by atoms with Gasteiger partial charge >= 0.3 is 0 Å². The molecule has 3 atom stereocenters. The van der Waals surface area contributed by atoms with Crippen molar-refractivity contribution in [2.45, 2.75) is 52.3 Å². The van der Waals surface area contributed by atoms with E-state index in [1.807, 2.05) is 0 Å². The van der Waals surface area contributed by atoms with Gasteiger partial charge in [0, 0.05) is 27.4 Å². The largest absolute Gasteiger partial charge is 0.397 e. The topological polar surface area (TPSA) is 32.3 Å². The third-order valence-corrected chi connectivity index (χ3v) is 5.47. The number of hydrogen-bond donors (Lipinski definition) is 2. The maximum atomic E-state index is 10.1. The Morgan fingerprint density at radius 2 is 1.93 bits per heavy atom. The van der Waals surface area contributed by atoms with Gasteiger partial charge in [0.25, 0.3) is 0 Å². The third-order valence-electron chi connectivity index (χ3n) is 4.27. The molecule has 0 saturated carbocycles.